The Morgan fingerprint density at radius 2 is 2.00 bits per heavy atom. The first-order chi connectivity index (χ1) is 8.50. The van der Waals surface area contributed by atoms with Crippen LogP contribution in [0.25, 0.3) is 10.8 Å². The fourth-order valence-corrected chi connectivity index (χ4v) is 2.64. The summed E-state index contributed by atoms with van der Waals surface area (Å²) in [5.74, 6) is 0.299. The van der Waals surface area contributed by atoms with Crippen LogP contribution in [0.5, 0.6) is 5.75 Å². The standard InChI is InChI=1S/C15H15NO2/c1-7(2)10-6-9-5-4-8(3)11-12(9)13(14(10)17)16-15(11)18/h4-7,17H,1-3H3,(H,16,18). The van der Waals surface area contributed by atoms with Crippen LogP contribution in [0.3, 0.4) is 0 Å². The van der Waals surface area contributed by atoms with E-state index in [1.807, 2.05) is 39.0 Å². The van der Waals surface area contributed by atoms with E-state index in [2.05, 4.69) is 5.32 Å². The number of benzene rings is 2. The molecule has 1 amide bonds. The summed E-state index contributed by atoms with van der Waals surface area (Å²) in [5, 5.41) is 14.9. The Kier molecular flexibility index (Phi) is 2.14. The van der Waals surface area contributed by atoms with E-state index in [1.165, 1.54) is 0 Å². The smallest absolute Gasteiger partial charge is 0.256 e. The van der Waals surface area contributed by atoms with Crippen molar-refractivity contribution in [3.05, 3.63) is 34.9 Å². The predicted molar refractivity (Wildman–Crippen MR) is 72.4 cm³/mol. The molecule has 1 aliphatic heterocycles. The van der Waals surface area contributed by atoms with Gasteiger partial charge in [-0.2, -0.15) is 0 Å². The molecule has 0 unspecified atom stereocenters. The maximum absolute atomic E-state index is 12.0. The molecule has 1 heterocycles. The number of amides is 1. The summed E-state index contributed by atoms with van der Waals surface area (Å²) < 4.78 is 0. The van der Waals surface area contributed by atoms with Crippen LogP contribution in [0.2, 0.25) is 0 Å². The van der Waals surface area contributed by atoms with Gasteiger partial charge in [0.15, 0.2) is 0 Å². The first-order valence-electron chi connectivity index (χ1n) is 6.11. The monoisotopic (exact) mass is 241 g/mol. The summed E-state index contributed by atoms with van der Waals surface area (Å²) in [6.07, 6.45) is 0. The van der Waals surface area contributed by atoms with E-state index in [0.29, 0.717) is 11.3 Å². The lowest BCUT2D eigenvalue weighted by molar-refractivity contribution is 0.103. The summed E-state index contributed by atoms with van der Waals surface area (Å²) >= 11 is 0. The molecule has 92 valence electrons. The van der Waals surface area contributed by atoms with Crippen molar-refractivity contribution in [3.8, 4) is 5.75 Å². The molecule has 0 aliphatic carbocycles. The van der Waals surface area contributed by atoms with E-state index in [1.54, 1.807) is 0 Å². The van der Waals surface area contributed by atoms with Crippen molar-refractivity contribution in [1.82, 2.24) is 0 Å². The van der Waals surface area contributed by atoms with Crippen molar-refractivity contribution < 1.29 is 9.90 Å². The first-order valence-corrected chi connectivity index (χ1v) is 6.11. The minimum atomic E-state index is -0.121. The fourth-order valence-electron chi connectivity index (χ4n) is 2.64. The van der Waals surface area contributed by atoms with Gasteiger partial charge in [0.1, 0.15) is 5.75 Å². The molecule has 0 saturated carbocycles. The number of phenolic OH excluding ortho intramolecular Hbond substituents is 1. The van der Waals surface area contributed by atoms with E-state index in [-0.39, 0.29) is 17.6 Å². The van der Waals surface area contributed by atoms with Crippen LogP contribution in [0.15, 0.2) is 18.2 Å². The van der Waals surface area contributed by atoms with Gasteiger partial charge in [0, 0.05) is 5.39 Å². The number of hydrogen-bond acceptors (Lipinski definition) is 2. The number of aromatic hydroxyl groups is 1. The van der Waals surface area contributed by atoms with Gasteiger partial charge in [-0.25, -0.2) is 0 Å². The third-order valence-electron chi connectivity index (χ3n) is 3.60. The zero-order valence-electron chi connectivity index (χ0n) is 10.7. The molecule has 0 bridgehead atoms. The normalized spacial score (nSPS) is 13.4. The number of aryl methyl sites for hydroxylation is 1. The molecular weight excluding hydrogens is 226 g/mol. The number of nitrogens with one attached hydrogen (secondary N) is 1. The highest BCUT2D eigenvalue weighted by molar-refractivity contribution is 6.26. The molecule has 3 rings (SSSR count). The van der Waals surface area contributed by atoms with Crippen LogP contribution in [0.4, 0.5) is 5.69 Å². The Hall–Kier alpha value is -2.03. The largest absolute Gasteiger partial charge is 0.505 e. The molecular formula is C15H15NO2. The summed E-state index contributed by atoms with van der Waals surface area (Å²) in [5.41, 5.74) is 3.07. The highest BCUT2D eigenvalue weighted by atomic mass is 16.3. The molecule has 2 aromatic rings. The van der Waals surface area contributed by atoms with Gasteiger partial charge in [0.25, 0.3) is 5.91 Å². The highest BCUT2D eigenvalue weighted by Gasteiger charge is 2.27. The third-order valence-corrected chi connectivity index (χ3v) is 3.60. The number of anilines is 1. The number of carbonyl (C=O) groups is 1. The van der Waals surface area contributed by atoms with Crippen molar-refractivity contribution in [2.75, 3.05) is 5.32 Å². The molecule has 3 nitrogen and oxygen atoms in total. The summed E-state index contributed by atoms with van der Waals surface area (Å²) in [6, 6.07) is 5.93. The molecule has 0 spiro atoms. The topological polar surface area (TPSA) is 49.3 Å². The van der Waals surface area contributed by atoms with Gasteiger partial charge in [-0.05, 0) is 35.4 Å². The summed E-state index contributed by atoms with van der Waals surface area (Å²) in [4.78, 5) is 12.0. The van der Waals surface area contributed by atoms with Gasteiger partial charge in [-0.15, -0.1) is 0 Å². The van der Waals surface area contributed by atoms with Crippen LogP contribution in [0, 0.1) is 6.92 Å². The number of hydrogen-bond donors (Lipinski definition) is 2. The van der Waals surface area contributed by atoms with Crippen molar-refractivity contribution in [1.29, 1.82) is 0 Å². The van der Waals surface area contributed by atoms with Crippen molar-refractivity contribution >= 4 is 22.4 Å². The van der Waals surface area contributed by atoms with Crippen molar-refractivity contribution in [2.45, 2.75) is 26.7 Å². The van der Waals surface area contributed by atoms with E-state index >= 15 is 0 Å². The molecule has 2 aromatic carbocycles. The second-order valence-corrected chi connectivity index (χ2v) is 5.15. The first kappa shape index (κ1) is 11.1. The van der Waals surface area contributed by atoms with E-state index in [4.69, 9.17) is 0 Å². The van der Waals surface area contributed by atoms with Gasteiger partial charge in [-0.1, -0.05) is 26.0 Å². The molecule has 3 heteroatoms. The van der Waals surface area contributed by atoms with Gasteiger partial charge >= 0.3 is 0 Å². The van der Waals surface area contributed by atoms with E-state index in [0.717, 1.165) is 21.9 Å². The van der Waals surface area contributed by atoms with Crippen molar-refractivity contribution in [2.24, 2.45) is 0 Å². The van der Waals surface area contributed by atoms with Crippen LogP contribution < -0.4 is 5.32 Å². The second kappa shape index (κ2) is 3.48. The Balaban J connectivity index is 2.48. The zero-order chi connectivity index (χ0) is 13.0. The minimum Gasteiger partial charge on any atom is -0.505 e. The zero-order valence-corrected chi connectivity index (χ0v) is 10.7. The Bertz CT molecular complexity index is 687. The lowest BCUT2D eigenvalue weighted by Crippen LogP contribution is -2.05. The lowest BCUT2D eigenvalue weighted by atomic mass is 9.94. The molecule has 2 N–H and O–H groups in total. The minimum absolute atomic E-state index is 0.121. The maximum Gasteiger partial charge on any atom is 0.256 e. The second-order valence-electron chi connectivity index (χ2n) is 5.15. The number of carbonyl (C=O) groups excluding carboxylic acids is 1. The van der Waals surface area contributed by atoms with Crippen LogP contribution >= 0.6 is 0 Å². The van der Waals surface area contributed by atoms with Gasteiger partial charge in [-0.3, -0.25) is 4.79 Å². The lowest BCUT2D eigenvalue weighted by Gasteiger charge is -2.12. The molecule has 0 saturated heterocycles. The Labute approximate surface area is 105 Å². The van der Waals surface area contributed by atoms with Gasteiger partial charge in [0.05, 0.1) is 11.3 Å². The van der Waals surface area contributed by atoms with Crippen LogP contribution in [0.1, 0.15) is 41.3 Å². The average Bonchev–Trinajstić information content (AvgIpc) is 2.66. The molecule has 18 heavy (non-hydrogen) atoms. The third kappa shape index (κ3) is 1.27. The molecule has 0 radical (unpaired) electrons. The number of phenols is 1. The summed E-state index contributed by atoms with van der Waals surface area (Å²) in [7, 11) is 0. The van der Waals surface area contributed by atoms with Crippen molar-refractivity contribution in [3.63, 3.8) is 0 Å². The van der Waals surface area contributed by atoms with Gasteiger partial charge in [0.2, 0.25) is 0 Å². The molecule has 0 atom stereocenters. The van der Waals surface area contributed by atoms with E-state index in [9.17, 15) is 9.90 Å². The predicted octanol–water partition coefficient (Wildman–Crippen LogP) is 3.54. The Morgan fingerprint density at radius 1 is 1.28 bits per heavy atom. The van der Waals surface area contributed by atoms with E-state index < -0.39 is 0 Å². The highest BCUT2D eigenvalue weighted by Crippen LogP contribution is 2.44. The number of rotatable bonds is 1. The summed E-state index contributed by atoms with van der Waals surface area (Å²) in [6.45, 7) is 5.97. The van der Waals surface area contributed by atoms with Crippen LogP contribution in [-0.2, 0) is 0 Å². The maximum atomic E-state index is 12.0. The SMILES string of the molecule is Cc1ccc2cc(C(C)C)c(O)c3c2c1C(=O)N3. The molecule has 0 fully saturated rings. The van der Waals surface area contributed by atoms with Crippen LogP contribution in [-0.4, -0.2) is 11.0 Å². The molecule has 1 aliphatic rings. The average molecular weight is 241 g/mol. The fraction of sp³-hybridized carbons (Fsp3) is 0.267. The quantitative estimate of drug-likeness (QED) is 0.750. The van der Waals surface area contributed by atoms with Gasteiger partial charge < -0.3 is 10.4 Å². The molecule has 0 aromatic heterocycles. The Morgan fingerprint density at radius 3 is 2.67 bits per heavy atom.